The summed E-state index contributed by atoms with van der Waals surface area (Å²) in [6.45, 7) is 1.63. The average Bonchev–Trinajstić information content (AvgIpc) is 2.70. The van der Waals surface area contributed by atoms with Gasteiger partial charge in [-0.3, -0.25) is 9.52 Å². The van der Waals surface area contributed by atoms with E-state index in [9.17, 15) is 13.2 Å². The molecule has 0 saturated heterocycles. The van der Waals surface area contributed by atoms with Gasteiger partial charge in [0.25, 0.3) is 15.9 Å². The minimum absolute atomic E-state index is 0.0652. The van der Waals surface area contributed by atoms with Crippen molar-refractivity contribution in [1.29, 1.82) is 0 Å². The van der Waals surface area contributed by atoms with Crippen LogP contribution in [0.15, 0.2) is 77.7 Å². The predicted octanol–water partition coefficient (Wildman–Crippen LogP) is 4.47. The molecule has 0 aromatic heterocycles. The maximum absolute atomic E-state index is 12.6. The Bertz CT molecular complexity index is 1100. The van der Waals surface area contributed by atoms with E-state index in [2.05, 4.69) is 10.0 Å². The van der Waals surface area contributed by atoms with Crippen molar-refractivity contribution in [2.75, 3.05) is 16.6 Å². The van der Waals surface area contributed by atoms with Crippen molar-refractivity contribution in [3.05, 3.63) is 83.4 Å². The zero-order valence-electron chi connectivity index (χ0n) is 15.6. The average molecular weight is 431 g/mol. The number of nitrogens with one attached hydrogen (secondary N) is 2. The van der Waals surface area contributed by atoms with Crippen molar-refractivity contribution in [1.82, 2.24) is 0 Å². The van der Waals surface area contributed by atoms with Crippen LogP contribution in [0.5, 0.6) is 5.75 Å². The number of sulfonamides is 1. The molecule has 0 aliphatic heterocycles. The van der Waals surface area contributed by atoms with Crippen LogP contribution in [0.4, 0.5) is 11.4 Å². The summed E-state index contributed by atoms with van der Waals surface area (Å²) < 4.78 is 33.1. The van der Waals surface area contributed by atoms with Crippen LogP contribution in [0, 0.1) is 6.92 Å². The number of carbonyl (C=O) groups is 1. The molecule has 0 fully saturated rings. The molecule has 0 saturated carbocycles. The largest absolute Gasteiger partial charge is 0.484 e. The van der Waals surface area contributed by atoms with E-state index < -0.39 is 10.0 Å². The van der Waals surface area contributed by atoms with Gasteiger partial charge in [0.15, 0.2) is 6.61 Å². The Kier molecular flexibility index (Phi) is 6.41. The standard InChI is InChI=1S/C21H19ClN2O4S/c1-15-7-8-16(22)13-20(15)24-29(26,27)19-11-9-17(10-12-19)23-21(25)14-28-18-5-3-2-4-6-18/h2-13,24H,14H2,1H3,(H,23,25). The van der Waals surface area contributed by atoms with E-state index in [1.54, 1.807) is 37.3 Å². The second-order valence-corrected chi connectivity index (χ2v) is 8.36. The number of carbonyl (C=O) groups excluding carboxylic acids is 1. The number of benzene rings is 3. The van der Waals surface area contributed by atoms with Gasteiger partial charge >= 0.3 is 0 Å². The lowest BCUT2D eigenvalue weighted by Crippen LogP contribution is -2.20. The summed E-state index contributed by atoms with van der Waals surface area (Å²) >= 11 is 5.94. The fraction of sp³-hybridized carbons (Fsp3) is 0.0952. The first kappa shape index (κ1) is 20.7. The highest BCUT2D eigenvalue weighted by Gasteiger charge is 2.16. The van der Waals surface area contributed by atoms with Gasteiger partial charge in [-0.25, -0.2) is 8.42 Å². The molecular formula is C21H19ClN2O4S. The highest BCUT2D eigenvalue weighted by atomic mass is 35.5. The maximum atomic E-state index is 12.6. The van der Waals surface area contributed by atoms with E-state index in [1.165, 1.54) is 24.3 Å². The molecule has 0 unspecified atom stereocenters. The first-order valence-corrected chi connectivity index (χ1v) is 10.6. The van der Waals surface area contributed by atoms with Crippen LogP contribution >= 0.6 is 11.6 Å². The molecule has 8 heteroatoms. The Labute approximate surface area is 174 Å². The van der Waals surface area contributed by atoms with E-state index in [0.717, 1.165) is 5.56 Å². The SMILES string of the molecule is Cc1ccc(Cl)cc1NS(=O)(=O)c1ccc(NC(=O)COc2ccccc2)cc1. The fourth-order valence-electron chi connectivity index (χ4n) is 2.49. The monoisotopic (exact) mass is 430 g/mol. The van der Waals surface area contributed by atoms with Crippen LogP contribution in [0.1, 0.15) is 5.56 Å². The van der Waals surface area contributed by atoms with Crippen LogP contribution in [-0.4, -0.2) is 20.9 Å². The second-order valence-electron chi connectivity index (χ2n) is 6.24. The summed E-state index contributed by atoms with van der Waals surface area (Å²) in [7, 11) is -3.79. The molecule has 0 atom stereocenters. The lowest BCUT2D eigenvalue weighted by Gasteiger charge is -2.12. The van der Waals surface area contributed by atoms with Crippen molar-refractivity contribution in [3.8, 4) is 5.75 Å². The van der Waals surface area contributed by atoms with Gasteiger partial charge in [0, 0.05) is 10.7 Å². The van der Waals surface area contributed by atoms with E-state index in [1.807, 2.05) is 18.2 Å². The number of hydrogen-bond donors (Lipinski definition) is 2. The molecule has 6 nitrogen and oxygen atoms in total. The Morgan fingerprint density at radius 1 is 1.00 bits per heavy atom. The molecule has 3 aromatic carbocycles. The summed E-state index contributed by atoms with van der Waals surface area (Å²) in [5, 5.41) is 3.09. The first-order chi connectivity index (χ1) is 13.8. The van der Waals surface area contributed by atoms with E-state index >= 15 is 0 Å². The van der Waals surface area contributed by atoms with E-state index in [4.69, 9.17) is 16.3 Å². The number of amides is 1. The first-order valence-electron chi connectivity index (χ1n) is 8.70. The predicted molar refractivity (Wildman–Crippen MR) is 114 cm³/mol. The molecule has 29 heavy (non-hydrogen) atoms. The minimum atomic E-state index is -3.79. The van der Waals surface area contributed by atoms with Crippen LogP contribution < -0.4 is 14.8 Å². The molecule has 0 aliphatic carbocycles. The number of hydrogen-bond acceptors (Lipinski definition) is 4. The van der Waals surface area contributed by atoms with Crippen molar-refractivity contribution < 1.29 is 17.9 Å². The third-order valence-electron chi connectivity index (χ3n) is 4.01. The lowest BCUT2D eigenvalue weighted by molar-refractivity contribution is -0.118. The highest BCUT2D eigenvalue weighted by molar-refractivity contribution is 7.92. The normalized spacial score (nSPS) is 11.0. The van der Waals surface area contributed by atoms with Gasteiger partial charge in [0.05, 0.1) is 10.6 Å². The van der Waals surface area contributed by atoms with Crippen LogP contribution in [0.2, 0.25) is 5.02 Å². The molecule has 3 aromatic rings. The quantitative estimate of drug-likeness (QED) is 0.579. The summed E-state index contributed by atoms with van der Waals surface area (Å²) in [6, 6.07) is 19.8. The summed E-state index contributed by atoms with van der Waals surface area (Å²) in [4.78, 5) is 12.1. The maximum Gasteiger partial charge on any atom is 0.262 e. The molecular weight excluding hydrogens is 412 g/mol. The van der Waals surface area contributed by atoms with Crippen molar-refractivity contribution in [2.45, 2.75) is 11.8 Å². The lowest BCUT2D eigenvalue weighted by atomic mass is 10.2. The second kappa shape index (κ2) is 8.98. The van der Waals surface area contributed by atoms with Crippen LogP contribution in [0.25, 0.3) is 0 Å². The van der Waals surface area contributed by atoms with Gasteiger partial charge in [-0.1, -0.05) is 35.9 Å². The molecule has 0 aliphatic rings. The van der Waals surface area contributed by atoms with Crippen LogP contribution in [0.3, 0.4) is 0 Å². The molecule has 1 amide bonds. The number of anilines is 2. The Morgan fingerprint density at radius 2 is 1.69 bits per heavy atom. The van der Waals surface area contributed by atoms with Gasteiger partial charge in [-0.05, 0) is 61.0 Å². The Hall–Kier alpha value is -3.03. The van der Waals surface area contributed by atoms with Gasteiger partial charge in [0.2, 0.25) is 0 Å². The third-order valence-corrected chi connectivity index (χ3v) is 5.62. The smallest absolute Gasteiger partial charge is 0.262 e. The molecule has 0 bridgehead atoms. The Balaban J connectivity index is 1.63. The fourth-order valence-corrected chi connectivity index (χ4v) is 3.78. The summed E-state index contributed by atoms with van der Waals surface area (Å²) in [5.41, 5.74) is 1.62. The molecule has 0 spiro atoms. The topological polar surface area (TPSA) is 84.5 Å². The summed E-state index contributed by atoms with van der Waals surface area (Å²) in [5.74, 6) is 0.239. The number of halogens is 1. The van der Waals surface area contributed by atoms with Gasteiger partial charge in [-0.2, -0.15) is 0 Å². The molecule has 2 N–H and O–H groups in total. The van der Waals surface area contributed by atoms with Gasteiger partial charge in [0.1, 0.15) is 5.75 Å². The Morgan fingerprint density at radius 3 is 2.38 bits per heavy atom. The molecule has 0 radical (unpaired) electrons. The highest BCUT2D eigenvalue weighted by Crippen LogP contribution is 2.24. The van der Waals surface area contributed by atoms with E-state index in [-0.39, 0.29) is 17.4 Å². The van der Waals surface area contributed by atoms with Crippen LogP contribution in [-0.2, 0) is 14.8 Å². The third kappa shape index (κ3) is 5.73. The number of para-hydroxylation sites is 1. The van der Waals surface area contributed by atoms with Gasteiger partial charge < -0.3 is 10.1 Å². The minimum Gasteiger partial charge on any atom is -0.484 e. The number of ether oxygens (including phenoxy) is 1. The number of rotatable bonds is 7. The zero-order chi connectivity index (χ0) is 20.9. The molecule has 150 valence electrons. The molecule has 3 rings (SSSR count). The zero-order valence-corrected chi connectivity index (χ0v) is 17.1. The van der Waals surface area contributed by atoms with Crippen molar-refractivity contribution in [3.63, 3.8) is 0 Å². The van der Waals surface area contributed by atoms with E-state index in [0.29, 0.717) is 22.1 Å². The van der Waals surface area contributed by atoms with Crippen molar-refractivity contribution in [2.24, 2.45) is 0 Å². The van der Waals surface area contributed by atoms with Crippen molar-refractivity contribution >= 4 is 38.9 Å². The molecule has 0 heterocycles. The summed E-state index contributed by atoms with van der Waals surface area (Å²) in [6.07, 6.45) is 0. The van der Waals surface area contributed by atoms with Gasteiger partial charge in [-0.15, -0.1) is 0 Å². The number of aryl methyl sites for hydroxylation is 1.